The molecule has 1 saturated heterocycles. The number of nitrogens with zero attached hydrogens (tertiary/aromatic N) is 1. The fourth-order valence-corrected chi connectivity index (χ4v) is 4.37. The van der Waals surface area contributed by atoms with E-state index in [9.17, 15) is 4.79 Å². The van der Waals surface area contributed by atoms with Gasteiger partial charge in [0.05, 0.1) is 23.3 Å². The molecule has 1 aromatic heterocycles. The van der Waals surface area contributed by atoms with E-state index < -0.39 is 0 Å². The van der Waals surface area contributed by atoms with Crippen molar-refractivity contribution in [3.63, 3.8) is 0 Å². The summed E-state index contributed by atoms with van der Waals surface area (Å²) in [6.07, 6.45) is 3.83. The predicted molar refractivity (Wildman–Crippen MR) is 90.7 cm³/mol. The van der Waals surface area contributed by atoms with Gasteiger partial charge in [0.2, 0.25) is 0 Å². The molecule has 0 bridgehead atoms. The van der Waals surface area contributed by atoms with Crippen LogP contribution in [0, 0.1) is 0 Å². The third-order valence-electron chi connectivity index (χ3n) is 3.23. The lowest BCUT2D eigenvalue weighted by atomic mass is 10.3. The van der Waals surface area contributed by atoms with Gasteiger partial charge in [0.25, 0.3) is 5.91 Å². The highest BCUT2D eigenvalue weighted by molar-refractivity contribution is 7.99. The number of hydrogen-bond donors (Lipinski definition) is 2. The zero-order valence-electron chi connectivity index (χ0n) is 12.3. The molecule has 3 N–H and O–H groups in total. The van der Waals surface area contributed by atoms with Crippen molar-refractivity contribution < 1.29 is 9.53 Å². The Bertz CT molecular complexity index is 531. The van der Waals surface area contributed by atoms with Crippen molar-refractivity contribution in [1.82, 2.24) is 5.32 Å². The Morgan fingerprint density at radius 2 is 2.48 bits per heavy atom. The SMILES string of the molecule is C=CCNC(=O)c1sc(N2CCOC(C)C2)c(SC)c1N. The van der Waals surface area contributed by atoms with Crippen LogP contribution in [0.3, 0.4) is 0 Å². The number of amides is 1. The molecule has 0 spiro atoms. The molecule has 0 aliphatic carbocycles. The van der Waals surface area contributed by atoms with Crippen LogP contribution >= 0.6 is 23.1 Å². The minimum absolute atomic E-state index is 0.139. The molecular formula is C14H21N3O2S2. The van der Waals surface area contributed by atoms with Gasteiger partial charge in [-0.1, -0.05) is 6.08 Å². The van der Waals surface area contributed by atoms with Gasteiger partial charge in [0, 0.05) is 19.6 Å². The minimum atomic E-state index is -0.139. The summed E-state index contributed by atoms with van der Waals surface area (Å²) in [7, 11) is 0. The lowest BCUT2D eigenvalue weighted by molar-refractivity contribution is 0.0533. The fourth-order valence-electron chi connectivity index (χ4n) is 2.24. The lowest BCUT2D eigenvalue weighted by Crippen LogP contribution is -2.40. The van der Waals surface area contributed by atoms with Crippen LogP contribution in [0.25, 0.3) is 0 Å². The van der Waals surface area contributed by atoms with Crippen LogP contribution in [0.4, 0.5) is 10.7 Å². The van der Waals surface area contributed by atoms with Gasteiger partial charge in [-0.2, -0.15) is 0 Å². The molecule has 1 aromatic rings. The summed E-state index contributed by atoms with van der Waals surface area (Å²) in [6, 6.07) is 0. The summed E-state index contributed by atoms with van der Waals surface area (Å²) < 4.78 is 5.58. The summed E-state index contributed by atoms with van der Waals surface area (Å²) in [5.41, 5.74) is 6.75. The van der Waals surface area contributed by atoms with Crippen LogP contribution in [-0.4, -0.2) is 44.5 Å². The highest BCUT2D eigenvalue weighted by Gasteiger charge is 2.26. The van der Waals surface area contributed by atoms with Crippen molar-refractivity contribution >= 4 is 39.7 Å². The first kappa shape index (κ1) is 16.2. The first-order chi connectivity index (χ1) is 10.1. The molecule has 5 nitrogen and oxygen atoms in total. The van der Waals surface area contributed by atoms with Gasteiger partial charge in [0.15, 0.2) is 0 Å². The number of rotatable bonds is 5. The zero-order valence-corrected chi connectivity index (χ0v) is 14.0. The first-order valence-electron chi connectivity index (χ1n) is 6.80. The monoisotopic (exact) mass is 327 g/mol. The average molecular weight is 327 g/mol. The smallest absolute Gasteiger partial charge is 0.263 e. The van der Waals surface area contributed by atoms with E-state index in [0.717, 1.165) is 23.0 Å². The van der Waals surface area contributed by atoms with Crippen LogP contribution in [0.2, 0.25) is 0 Å². The molecule has 2 rings (SSSR count). The van der Waals surface area contributed by atoms with Gasteiger partial charge in [0.1, 0.15) is 9.88 Å². The van der Waals surface area contributed by atoms with E-state index in [1.807, 2.05) is 6.26 Å². The second kappa shape index (κ2) is 7.20. The molecule has 1 fully saturated rings. The van der Waals surface area contributed by atoms with E-state index in [0.29, 0.717) is 23.7 Å². The van der Waals surface area contributed by atoms with Crippen molar-refractivity contribution in [1.29, 1.82) is 0 Å². The van der Waals surface area contributed by atoms with Gasteiger partial charge < -0.3 is 20.7 Å². The molecule has 2 heterocycles. The van der Waals surface area contributed by atoms with Crippen molar-refractivity contribution in [2.45, 2.75) is 17.9 Å². The van der Waals surface area contributed by atoms with Gasteiger partial charge in [-0.3, -0.25) is 4.79 Å². The summed E-state index contributed by atoms with van der Waals surface area (Å²) in [4.78, 5) is 16.0. The second-order valence-corrected chi connectivity index (χ2v) is 6.62. The number of carbonyl (C=O) groups is 1. The van der Waals surface area contributed by atoms with Crippen LogP contribution < -0.4 is 16.0 Å². The normalized spacial score (nSPS) is 18.6. The number of nitrogen functional groups attached to an aromatic ring is 1. The van der Waals surface area contributed by atoms with E-state index in [1.165, 1.54) is 11.3 Å². The molecule has 116 valence electrons. The Balaban J connectivity index is 2.29. The third-order valence-corrected chi connectivity index (χ3v) is 5.44. The van der Waals surface area contributed by atoms with E-state index in [-0.39, 0.29) is 12.0 Å². The highest BCUT2D eigenvalue weighted by atomic mass is 32.2. The van der Waals surface area contributed by atoms with E-state index in [1.54, 1.807) is 17.8 Å². The average Bonchev–Trinajstić information content (AvgIpc) is 2.81. The first-order valence-corrected chi connectivity index (χ1v) is 8.84. The minimum Gasteiger partial charge on any atom is -0.396 e. The number of ether oxygens (including phenoxy) is 1. The summed E-state index contributed by atoms with van der Waals surface area (Å²) >= 11 is 3.04. The van der Waals surface area contributed by atoms with Gasteiger partial charge >= 0.3 is 0 Å². The summed E-state index contributed by atoms with van der Waals surface area (Å²) in [5, 5.41) is 3.86. The number of nitrogens with one attached hydrogen (secondary N) is 1. The van der Waals surface area contributed by atoms with Crippen LogP contribution in [0.15, 0.2) is 17.6 Å². The predicted octanol–water partition coefficient (Wildman–Crippen LogP) is 2.19. The Morgan fingerprint density at radius 1 is 1.71 bits per heavy atom. The van der Waals surface area contributed by atoms with Crippen molar-refractivity contribution in [2.75, 3.05) is 43.1 Å². The summed E-state index contributed by atoms with van der Waals surface area (Å²) in [6.45, 7) is 8.44. The van der Waals surface area contributed by atoms with Crippen molar-refractivity contribution in [3.05, 3.63) is 17.5 Å². The van der Waals surface area contributed by atoms with E-state index in [4.69, 9.17) is 10.5 Å². The number of anilines is 2. The fraction of sp³-hybridized carbons (Fsp3) is 0.500. The number of thiophene rings is 1. The number of carbonyl (C=O) groups excluding carboxylic acids is 1. The quantitative estimate of drug-likeness (QED) is 0.641. The molecule has 0 saturated carbocycles. The van der Waals surface area contributed by atoms with Gasteiger partial charge in [-0.15, -0.1) is 29.7 Å². The second-order valence-electron chi connectivity index (χ2n) is 4.81. The molecule has 1 aliphatic heterocycles. The van der Waals surface area contributed by atoms with Crippen LogP contribution in [0.1, 0.15) is 16.6 Å². The molecule has 1 aliphatic rings. The van der Waals surface area contributed by atoms with Gasteiger partial charge in [-0.25, -0.2) is 0 Å². The van der Waals surface area contributed by atoms with E-state index >= 15 is 0 Å². The molecule has 1 unspecified atom stereocenters. The summed E-state index contributed by atoms with van der Waals surface area (Å²) in [5.74, 6) is -0.139. The Labute approximate surface area is 133 Å². The maximum atomic E-state index is 12.2. The Kier molecular flexibility index (Phi) is 5.55. The Hall–Kier alpha value is -1.18. The van der Waals surface area contributed by atoms with Crippen LogP contribution in [0.5, 0.6) is 0 Å². The number of hydrogen-bond acceptors (Lipinski definition) is 6. The molecule has 0 aromatic carbocycles. The number of nitrogens with two attached hydrogens (primary N) is 1. The van der Waals surface area contributed by atoms with E-state index in [2.05, 4.69) is 23.7 Å². The maximum Gasteiger partial charge on any atom is 0.263 e. The number of thioether (sulfide) groups is 1. The van der Waals surface area contributed by atoms with Crippen LogP contribution in [-0.2, 0) is 4.74 Å². The van der Waals surface area contributed by atoms with Gasteiger partial charge in [-0.05, 0) is 13.2 Å². The molecular weight excluding hydrogens is 306 g/mol. The zero-order chi connectivity index (χ0) is 15.4. The highest BCUT2D eigenvalue weighted by Crippen LogP contribution is 2.44. The molecule has 1 amide bonds. The molecule has 1 atom stereocenters. The maximum absolute atomic E-state index is 12.2. The largest absolute Gasteiger partial charge is 0.396 e. The standard InChI is InChI=1S/C14H21N3O2S2/c1-4-5-16-13(18)11-10(15)12(20-3)14(21-11)17-6-7-19-9(2)8-17/h4,9H,1,5-8,15H2,2-3H3,(H,16,18). The third kappa shape index (κ3) is 3.53. The molecule has 0 radical (unpaired) electrons. The van der Waals surface area contributed by atoms with Crippen molar-refractivity contribution in [2.24, 2.45) is 0 Å². The molecule has 21 heavy (non-hydrogen) atoms. The number of morpholine rings is 1. The van der Waals surface area contributed by atoms with Crippen molar-refractivity contribution in [3.8, 4) is 0 Å². The lowest BCUT2D eigenvalue weighted by Gasteiger charge is -2.32. The Morgan fingerprint density at radius 3 is 3.10 bits per heavy atom. The topological polar surface area (TPSA) is 67.6 Å². The molecule has 7 heteroatoms.